The zero-order chi connectivity index (χ0) is 37.3. The monoisotopic (exact) mass is 829 g/mol. The maximum atomic E-state index is 15.3. The molecule has 3 aromatic rings. The van der Waals surface area contributed by atoms with Gasteiger partial charge in [-0.25, -0.2) is 16.8 Å². The van der Waals surface area contributed by atoms with Gasteiger partial charge >= 0.3 is 0 Å². The molecule has 2 N–H and O–H groups in total. The lowest BCUT2D eigenvalue weighted by molar-refractivity contribution is -0.141. The van der Waals surface area contributed by atoms with E-state index in [2.05, 4.69) is 10.6 Å². The van der Waals surface area contributed by atoms with Gasteiger partial charge in [-0.2, -0.15) is 4.31 Å². The van der Waals surface area contributed by atoms with Gasteiger partial charge < -0.3 is 14.4 Å². The summed E-state index contributed by atoms with van der Waals surface area (Å²) in [5, 5.41) is 8.46. The van der Waals surface area contributed by atoms with Crippen molar-refractivity contribution in [2.45, 2.75) is 36.5 Å². The number of sulfonamides is 1. The second-order valence-electron chi connectivity index (χ2n) is 13.4. The van der Waals surface area contributed by atoms with E-state index in [4.69, 9.17) is 32.7 Å². The molecule has 3 aliphatic heterocycles. The summed E-state index contributed by atoms with van der Waals surface area (Å²) in [5.74, 6) is 0.0824. The number of ether oxygens (including phenoxy) is 2. The highest BCUT2D eigenvalue weighted by Crippen LogP contribution is 2.46. The lowest BCUT2D eigenvalue weighted by Gasteiger charge is -2.41. The molecular weight excluding hydrogens is 785 g/mol. The molecule has 1 unspecified atom stereocenters. The summed E-state index contributed by atoms with van der Waals surface area (Å²) in [6.45, 7) is 6.82. The van der Waals surface area contributed by atoms with Gasteiger partial charge in [0.1, 0.15) is 15.6 Å². The fourth-order valence-electron chi connectivity index (χ4n) is 7.10. The second kappa shape index (κ2) is 17.1. The summed E-state index contributed by atoms with van der Waals surface area (Å²) >= 11 is 12.6. The molecule has 6 rings (SSSR count). The molecule has 0 bridgehead atoms. The lowest BCUT2D eigenvalue weighted by Crippen LogP contribution is -2.62. The maximum Gasteiger partial charge on any atom is 0.262 e. The molecule has 3 fully saturated rings. The van der Waals surface area contributed by atoms with Crippen LogP contribution in [0.3, 0.4) is 0 Å². The Labute approximate surface area is 328 Å². The second-order valence-corrected chi connectivity index (χ2v) is 18.5. The third-order valence-corrected chi connectivity index (χ3v) is 13.3. The Morgan fingerprint density at radius 3 is 1.89 bits per heavy atom. The number of hydrogen-bond donors (Lipinski definition) is 2. The average molecular weight is 831 g/mol. The normalized spacial score (nSPS) is 23.1. The number of sulfone groups is 1. The van der Waals surface area contributed by atoms with Crippen molar-refractivity contribution in [2.24, 2.45) is 0 Å². The van der Waals surface area contributed by atoms with Gasteiger partial charge in [-0.1, -0.05) is 47.5 Å². The summed E-state index contributed by atoms with van der Waals surface area (Å²) in [7, 11) is -7.14. The van der Waals surface area contributed by atoms with Gasteiger partial charge in [-0.15, -0.1) is 12.4 Å². The molecule has 0 radical (unpaired) electrons. The minimum Gasteiger partial charge on any atom is -0.493 e. The van der Waals surface area contributed by atoms with E-state index in [-0.39, 0.29) is 61.9 Å². The van der Waals surface area contributed by atoms with Gasteiger partial charge in [0.15, 0.2) is 5.66 Å². The molecule has 3 atom stereocenters. The van der Waals surface area contributed by atoms with Gasteiger partial charge in [0, 0.05) is 67.7 Å². The number of nitrogens with zero attached hydrogens (tertiary/aromatic N) is 3. The Morgan fingerprint density at radius 1 is 0.868 bits per heavy atom. The van der Waals surface area contributed by atoms with Crippen LogP contribution in [0.1, 0.15) is 41.3 Å². The van der Waals surface area contributed by atoms with Crippen molar-refractivity contribution in [3.05, 3.63) is 93.0 Å². The lowest BCUT2D eigenvalue weighted by atomic mass is 9.95. The van der Waals surface area contributed by atoms with E-state index in [1.54, 1.807) is 48.2 Å². The third-order valence-electron chi connectivity index (χ3n) is 9.86. The Kier molecular flexibility index (Phi) is 13.4. The molecule has 0 aliphatic carbocycles. The first-order chi connectivity index (χ1) is 24.7. The first kappa shape index (κ1) is 41.7. The van der Waals surface area contributed by atoms with Crippen LogP contribution in [0.15, 0.2) is 65.6 Å². The Hall–Kier alpha value is -2.50. The third kappa shape index (κ3) is 9.15. The standard InChI is InChI=1S/C36H45Cl2N5O7S2.ClH/c1-4-50-31-23-25(2)32(52(47,48)43-17-20-49-21-18-43)24-30(31)36(35(44)42-15-13-41(14-16-42)19-22-51(3,45)46)39-33(26-5-9-28(37)10-6-26)34(40-36)27-7-11-29(38)12-8-27;/h5-12,23-24,33-34,39-40H,4,13-22H2,1-3H3;1H/t33-,34+,36?;. The maximum absolute atomic E-state index is 15.3. The smallest absolute Gasteiger partial charge is 0.262 e. The van der Waals surface area contributed by atoms with E-state index in [9.17, 15) is 16.8 Å². The molecule has 1 amide bonds. The molecule has 3 saturated heterocycles. The van der Waals surface area contributed by atoms with E-state index in [1.807, 2.05) is 36.1 Å². The summed E-state index contributed by atoms with van der Waals surface area (Å²) in [4.78, 5) is 19.2. The van der Waals surface area contributed by atoms with Crippen molar-refractivity contribution in [1.29, 1.82) is 0 Å². The number of carbonyl (C=O) groups excluding carboxylic acids is 1. The van der Waals surface area contributed by atoms with Crippen molar-refractivity contribution < 1.29 is 31.1 Å². The van der Waals surface area contributed by atoms with Gasteiger partial charge in [0.25, 0.3) is 5.91 Å². The number of hydrogen-bond acceptors (Lipinski definition) is 10. The van der Waals surface area contributed by atoms with Crippen LogP contribution < -0.4 is 15.4 Å². The Morgan fingerprint density at radius 2 is 1.40 bits per heavy atom. The van der Waals surface area contributed by atoms with Crippen LogP contribution in [0.5, 0.6) is 5.75 Å². The number of halogens is 3. The van der Waals surface area contributed by atoms with Crippen LogP contribution in [0.25, 0.3) is 0 Å². The summed E-state index contributed by atoms with van der Waals surface area (Å²) < 4.78 is 65.3. The van der Waals surface area contributed by atoms with Crippen LogP contribution in [-0.4, -0.2) is 114 Å². The number of morpholine rings is 1. The molecule has 290 valence electrons. The van der Waals surface area contributed by atoms with E-state index in [1.165, 1.54) is 10.6 Å². The average Bonchev–Trinajstić information content (AvgIpc) is 3.53. The molecule has 0 spiro atoms. The Balaban J connectivity index is 0.00000541. The first-order valence-electron chi connectivity index (χ1n) is 17.3. The van der Waals surface area contributed by atoms with Gasteiger partial charge in [-0.05, 0) is 66.9 Å². The summed E-state index contributed by atoms with van der Waals surface area (Å²) in [6, 6.07) is 17.1. The highest BCUT2D eigenvalue weighted by Gasteiger charge is 2.55. The number of carbonyl (C=O) groups is 1. The minimum absolute atomic E-state index is 0. The van der Waals surface area contributed by atoms with Crippen molar-refractivity contribution in [2.75, 3.05) is 77.6 Å². The van der Waals surface area contributed by atoms with Gasteiger partial charge in [-0.3, -0.25) is 20.3 Å². The predicted octanol–water partition coefficient (Wildman–Crippen LogP) is 4.16. The fraction of sp³-hybridized carbons (Fsp3) is 0.472. The molecule has 3 heterocycles. The quantitative estimate of drug-likeness (QED) is 0.290. The number of benzene rings is 3. The van der Waals surface area contributed by atoms with E-state index in [0.717, 1.165) is 11.1 Å². The van der Waals surface area contributed by atoms with E-state index < -0.39 is 37.6 Å². The fourth-order valence-corrected chi connectivity index (χ4v) is 9.58. The van der Waals surface area contributed by atoms with Crippen molar-refractivity contribution in [3.8, 4) is 5.75 Å². The van der Waals surface area contributed by atoms with Crippen LogP contribution in [0.2, 0.25) is 10.0 Å². The van der Waals surface area contributed by atoms with Crippen LogP contribution in [0.4, 0.5) is 0 Å². The minimum atomic E-state index is -3.99. The highest BCUT2D eigenvalue weighted by molar-refractivity contribution is 7.90. The first-order valence-corrected chi connectivity index (χ1v) is 21.6. The summed E-state index contributed by atoms with van der Waals surface area (Å²) in [6.07, 6.45) is 1.22. The SMILES string of the molecule is CCOc1cc(C)c(S(=O)(=O)N2CCOCC2)cc1C1(C(=O)N2CCN(CCS(C)(=O)=O)CC2)N[C@H](c2ccc(Cl)cc2)[C@H](c2ccc(Cl)cc2)N1.Cl. The van der Waals surface area contributed by atoms with Crippen molar-refractivity contribution >= 4 is 61.4 Å². The number of rotatable bonds is 11. The largest absolute Gasteiger partial charge is 0.493 e. The van der Waals surface area contributed by atoms with E-state index in [0.29, 0.717) is 59.6 Å². The van der Waals surface area contributed by atoms with E-state index >= 15 is 4.79 Å². The Bertz CT molecular complexity index is 1920. The molecule has 0 aromatic heterocycles. The van der Waals surface area contributed by atoms with Gasteiger partial charge in [0.05, 0.1) is 42.6 Å². The number of nitrogens with one attached hydrogen (secondary N) is 2. The number of aryl methyl sites for hydroxylation is 1. The van der Waals surface area contributed by atoms with Crippen molar-refractivity contribution in [3.63, 3.8) is 0 Å². The zero-order valence-electron chi connectivity index (χ0n) is 29.9. The van der Waals surface area contributed by atoms with Crippen molar-refractivity contribution in [1.82, 2.24) is 24.7 Å². The van der Waals surface area contributed by atoms with Crippen LogP contribution in [0, 0.1) is 6.92 Å². The zero-order valence-corrected chi connectivity index (χ0v) is 33.8. The topological polar surface area (TPSA) is 138 Å². The van der Waals surface area contributed by atoms with Crippen LogP contribution in [-0.2, 0) is 35.1 Å². The molecule has 0 saturated carbocycles. The van der Waals surface area contributed by atoms with Gasteiger partial charge in [0.2, 0.25) is 10.0 Å². The molecule has 12 nitrogen and oxygen atoms in total. The summed E-state index contributed by atoms with van der Waals surface area (Å²) in [5.41, 5.74) is 0.859. The van der Waals surface area contributed by atoms with Crippen LogP contribution >= 0.6 is 35.6 Å². The molecule has 3 aromatic carbocycles. The highest BCUT2D eigenvalue weighted by atomic mass is 35.5. The molecule has 3 aliphatic rings. The number of amides is 1. The molecular formula is C36H46Cl3N5O7S2. The number of piperazine rings is 1. The molecule has 17 heteroatoms. The molecule has 53 heavy (non-hydrogen) atoms. The predicted molar refractivity (Wildman–Crippen MR) is 208 cm³/mol.